The number of nitrogens with zero attached hydrogens (tertiary/aromatic N) is 1. The van der Waals surface area contributed by atoms with Gasteiger partial charge in [0.1, 0.15) is 0 Å². The molecule has 3 nitrogen and oxygen atoms in total. The summed E-state index contributed by atoms with van der Waals surface area (Å²) >= 11 is 0. The summed E-state index contributed by atoms with van der Waals surface area (Å²) in [5, 5.41) is 8.48. The molecule has 0 aliphatic carbocycles. The van der Waals surface area contributed by atoms with Crippen LogP contribution in [0.5, 0.6) is 0 Å². The lowest BCUT2D eigenvalue weighted by atomic mass is 10.2. The van der Waals surface area contributed by atoms with Crippen molar-refractivity contribution in [2.75, 3.05) is 6.26 Å². The Morgan fingerprint density at radius 3 is 2.46 bits per heavy atom. The summed E-state index contributed by atoms with van der Waals surface area (Å²) in [6.45, 7) is 0. The molecule has 0 fully saturated rings. The van der Waals surface area contributed by atoms with E-state index in [-0.39, 0.29) is 17.3 Å². The van der Waals surface area contributed by atoms with Crippen LogP contribution in [0.15, 0.2) is 29.2 Å². The molecule has 1 rings (SSSR count). The average Bonchev–Trinajstić information content (AvgIpc) is 2.03. The highest BCUT2D eigenvalue weighted by molar-refractivity contribution is 7.90. The summed E-state index contributed by atoms with van der Waals surface area (Å²) in [5.41, 5.74) is 0.359. The molecule has 0 radical (unpaired) electrons. The van der Waals surface area contributed by atoms with E-state index < -0.39 is 9.84 Å². The molecule has 0 aliphatic rings. The molecule has 0 atom stereocenters. The largest absolute Gasteiger partial charge is 0.224 e. The molecule has 0 unspecified atom stereocenters. The molecule has 0 bridgehead atoms. The number of halogens is 1. The van der Waals surface area contributed by atoms with Gasteiger partial charge in [0.25, 0.3) is 0 Å². The van der Waals surface area contributed by atoms with E-state index in [1.807, 2.05) is 6.07 Å². The van der Waals surface area contributed by atoms with Crippen LogP contribution in [0.4, 0.5) is 0 Å². The van der Waals surface area contributed by atoms with Gasteiger partial charge in [0.2, 0.25) is 0 Å². The first-order valence-electron chi connectivity index (χ1n) is 3.24. The number of sulfone groups is 1. The summed E-state index contributed by atoms with van der Waals surface area (Å²) in [4.78, 5) is 0.182. The maximum atomic E-state index is 11.0. The summed E-state index contributed by atoms with van der Waals surface area (Å²) in [6, 6.07) is 7.81. The third kappa shape index (κ3) is 3.05. The fourth-order valence-corrected chi connectivity index (χ4v) is 1.46. The molecule has 0 aliphatic heterocycles. The Morgan fingerprint density at radius 2 is 2.00 bits per heavy atom. The van der Waals surface area contributed by atoms with Crippen LogP contribution < -0.4 is 0 Å². The van der Waals surface area contributed by atoms with Gasteiger partial charge in [-0.1, -0.05) is 6.07 Å². The lowest BCUT2D eigenvalue weighted by molar-refractivity contribution is 0.602. The summed E-state index contributed by atoms with van der Waals surface area (Å²) in [6.07, 6.45) is 1.11. The minimum absolute atomic E-state index is 0. The van der Waals surface area contributed by atoms with E-state index in [4.69, 9.17) is 5.26 Å². The van der Waals surface area contributed by atoms with E-state index in [1.165, 1.54) is 12.1 Å². The summed E-state index contributed by atoms with van der Waals surface area (Å²) < 4.78 is 22.0. The Bertz CT molecular complexity index is 434. The highest BCUT2D eigenvalue weighted by atomic mass is 35.5. The fraction of sp³-hybridized carbons (Fsp3) is 0.125. The second-order valence-electron chi connectivity index (χ2n) is 2.41. The maximum absolute atomic E-state index is 11.0. The third-order valence-corrected chi connectivity index (χ3v) is 2.50. The van der Waals surface area contributed by atoms with Gasteiger partial charge in [-0.15, -0.1) is 12.4 Å². The van der Waals surface area contributed by atoms with Crippen molar-refractivity contribution in [3.8, 4) is 6.07 Å². The zero-order chi connectivity index (χ0) is 9.19. The third-order valence-electron chi connectivity index (χ3n) is 1.39. The van der Waals surface area contributed by atoms with Crippen molar-refractivity contribution < 1.29 is 8.42 Å². The van der Waals surface area contributed by atoms with Gasteiger partial charge in [-0.05, 0) is 18.2 Å². The smallest absolute Gasteiger partial charge is 0.175 e. The Morgan fingerprint density at radius 1 is 1.38 bits per heavy atom. The van der Waals surface area contributed by atoms with Crippen molar-refractivity contribution in [1.29, 1.82) is 5.26 Å². The number of rotatable bonds is 1. The highest BCUT2D eigenvalue weighted by Crippen LogP contribution is 2.09. The van der Waals surface area contributed by atoms with Gasteiger partial charge in [0.05, 0.1) is 16.5 Å². The van der Waals surface area contributed by atoms with Crippen LogP contribution in [0.1, 0.15) is 5.56 Å². The highest BCUT2D eigenvalue weighted by Gasteiger charge is 2.06. The van der Waals surface area contributed by atoms with Gasteiger partial charge < -0.3 is 0 Å². The predicted molar refractivity (Wildman–Crippen MR) is 51.5 cm³/mol. The molecular formula is C8H8ClNO2S. The van der Waals surface area contributed by atoms with Gasteiger partial charge >= 0.3 is 0 Å². The maximum Gasteiger partial charge on any atom is 0.175 e. The molecule has 0 saturated carbocycles. The fourth-order valence-electron chi connectivity index (χ4n) is 0.796. The molecule has 1 aromatic rings. The SMILES string of the molecule is CS(=O)(=O)c1cccc(C#N)c1.Cl. The topological polar surface area (TPSA) is 57.9 Å². The van der Waals surface area contributed by atoms with Crippen molar-refractivity contribution >= 4 is 22.2 Å². The van der Waals surface area contributed by atoms with Crippen LogP contribution in [0.25, 0.3) is 0 Å². The zero-order valence-corrected chi connectivity index (χ0v) is 8.52. The standard InChI is InChI=1S/C8H7NO2S.ClH/c1-12(10,11)8-4-2-3-7(5-8)6-9;/h2-5H,1H3;1H. The van der Waals surface area contributed by atoms with Crippen molar-refractivity contribution in [3.63, 3.8) is 0 Å². The predicted octanol–water partition coefficient (Wildman–Crippen LogP) is 1.38. The second-order valence-corrected chi connectivity index (χ2v) is 4.43. The molecular weight excluding hydrogens is 210 g/mol. The number of hydrogen-bond acceptors (Lipinski definition) is 3. The molecule has 0 saturated heterocycles. The Balaban J connectivity index is 0.00000144. The van der Waals surface area contributed by atoms with Crippen LogP contribution in [0, 0.1) is 11.3 Å². The van der Waals surface area contributed by atoms with Crippen LogP contribution in [0.2, 0.25) is 0 Å². The average molecular weight is 218 g/mol. The lowest BCUT2D eigenvalue weighted by Gasteiger charge is -1.96. The van der Waals surface area contributed by atoms with Crippen molar-refractivity contribution in [2.45, 2.75) is 4.90 Å². The summed E-state index contributed by atoms with van der Waals surface area (Å²) in [7, 11) is -3.19. The summed E-state index contributed by atoms with van der Waals surface area (Å²) in [5.74, 6) is 0. The number of benzene rings is 1. The van der Waals surface area contributed by atoms with Crippen molar-refractivity contribution in [3.05, 3.63) is 29.8 Å². The van der Waals surface area contributed by atoms with E-state index in [2.05, 4.69) is 0 Å². The number of hydrogen-bond donors (Lipinski definition) is 0. The van der Waals surface area contributed by atoms with Crippen molar-refractivity contribution in [2.24, 2.45) is 0 Å². The molecule has 1 aromatic carbocycles. The molecule has 70 valence electrons. The Hall–Kier alpha value is -1.05. The van der Waals surface area contributed by atoms with Gasteiger partial charge in [-0.3, -0.25) is 0 Å². The normalized spacial score (nSPS) is 9.85. The molecule has 0 spiro atoms. The molecule has 0 aromatic heterocycles. The molecule has 5 heteroatoms. The minimum Gasteiger partial charge on any atom is -0.224 e. The van der Waals surface area contributed by atoms with Crippen LogP contribution >= 0.6 is 12.4 Å². The van der Waals surface area contributed by atoms with Gasteiger partial charge in [-0.2, -0.15) is 5.26 Å². The van der Waals surface area contributed by atoms with Crippen LogP contribution in [-0.4, -0.2) is 14.7 Å². The van der Waals surface area contributed by atoms with E-state index in [9.17, 15) is 8.42 Å². The quantitative estimate of drug-likeness (QED) is 0.714. The van der Waals surface area contributed by atoms with Crippen LogP contribution in [-0.2, 0) is 9.84 Å². The zero-order valence-electron chi connectivity index (χ0n) is 6.89. The van der Waals surface area contributed by atoms with Gasteiger partial charge in [0.15, 0.2) is 9.84 Å². The first-order chi connectivity index (χ1) is 5.54. The lowest BCUT2D eigenvalue weighted by Crippen LogP contribution is -1.96. The van der Waals surface area contributed by atoms with E-state index >= 15 is 0 Å². The molecule has 0 N–H and O–H groups in total. The van der Waals surface area contributed by atoms with E-state index in [0.717, 1.165) is 6.26 Å². The first-order valence-corrected chi connectivity index (χ1v) is 5.13. The Labute approximate surface area is 83.3 Å². The van der Waals surface area contributed by atoms with Gasteiger partial charge in [-0.25, -0.2) is 8.42 Å². The Kier molecular flexibility index (Phi) is 3.92. The van der Waals surface area contributed by atoms with Crippen molar-refractivity contribution in [1.82, 2.24) is 0 Å². The van der Waals surface area contributed by atoms with E-state index in [1.54, 1.807) is 12.1 Å². The monoisotopic (exact) mass is 217 g/mol. The molecule has 13 heavy (non-hydrogen) atoms. The first kappa shape index (κ1) is 11.9. The molecule has 0 amide bonds. The van der Waals surface area contributed by atoms with Gasteiger partial charge in [0, 0.05) is 6.26 Å². The second kappa shape index (κ2) is 4.26. The van der Waals surface area contributed by atoms with E-state index in [0.29, 0.717) is 5.56 Å². The minimum atomic E-state index is -3.19. The molecule has 0 heterocycles. The van der Waals surface area contributed by atoms with Crippen LogP contribution in [0.3, 0.4) is 0 Å². The number of nitriles is 1.